The van der Waals surface area contributed by atoms with Gasteiger partial charge in [-0.15, -0.1) is 0 Å². The number of nitrogens with one attached hydrogen (secondary N) is 1. The first kappa shape index (κ1) is 17.4. The van der Waals surface area contributed by atoms with Gasteiger partial charge in [0.05, 0.1) is 10.9 Å². The average molecular weight is 351 g/mol. The average Bonchev–Trinajstić information content (AvgIpc) is 3.11. The van der Waals surface area contributed by atoms with Crippen LogP contribution >= 0.6 is 0 Å². The molecular weight excluding hydrogens is 326 g/mol. The number of hydrogen-bond donors (Lipinski definition) is 1. The van der Waals surface area contributed by atoms with Crippen LogP contribution in [0.1, 0.15) is 24.0 Å². The number of rotatable bonds is 3. The van der Waals surface area contributed by atoms with Gasteiger partial charge >= 0.3 is 0 Å². The zero-order valence-corrected chi connectivity index (χ0v) is 15.1. The highest BCUT2D eigenvalue weighted by Gasteiger charge is 2.33. The fourth-order valence-electron chi connectivity index (χ4n) is 3.39. The van der Waals surface area contributed by atoms with E-state index in [9.17, 15) is 13.2 Å². The van der Waals surface area contributed by atoms with Gasteiger partial charge in [0.1, 0.15) is 0 Å². The van der Waals surface area contributed by atoms with Crippen molar-refractivity contribution in [3.8, 4) is 0 Å². The van der Waals surface area contributed by atoms with Crippen LogP contribution in [0.15, 0.2) is 23.1 Å². The summed E-state index contributed by atoms with van der Waals surface area (Å²) in [5.41, 5.74) is 1.69. The monoisotopic (exact) mass is 351 g/mol. The molecule has 6 nitrogen and oxygen atoms in total. The van der Waals surface area contributed by atoms with Crippen molar-refractivity contribution in [3.05, 3.63) is 29.3 Å². The first-order valence-corrected chi connectivity index (χ1v) is 9.93. The van der Waals surface area contributed by atoms with E-state index in [0.717, 1.165) is 30.5 Å². The molecule has 1 unspecified atom stereocenters. The summed E-state index contributed by atoms with van der Waals surface area (Å²) < 4.78 is 27.3. The predicted molar refractivity (Wildman–Crippen MR) is 92.3 cm³/mol. The van der Waals surface area contributed by atoms with Gasteiger partial charge in [-0.3, -0.25) is 4.79 Å². The molecule has 2 heterocycles. The van der Waals surface area contributed by atoms with Crippen molar-refractivity contribution in [2.45, 2.75) is 37.6 Å². The Morgan fingerprint density at radius 1 is 1.17 bits per heavy atom. The van der Waals surface area contributed by atoms with Crippen LogP contribution in [0.3, 0.4) is 0 Å². The highest BCUT2D eigenvalue weighted by atomic mass is 32.2. The van der Waals surface area contributed by atoms with Gasteiger partial charge < -0.3 is 10.2 Å². The maximum atomic E-state index is 12.9. The number of carbonyl (C=O) groups excluding carboxylic acids is 1. The Labute approximate surface area is 143 Å². The minimum atomic E-state index is -3.50. The standard InChI is InChI=1S/C17H25N3O3S/c1-13-5-6-14(2)16(12-13)24(22,23)20-10-8-19(9-11-20)17(21)15-4-3-7-18-15/h5-6,12,15,18H,3-4,7-11H2,1-2H3. The lowest BCUT2D eigenvalue weighted by atomic mass is 10.2. The third-order valence-corrected chi connectivity index (χ3v) is 6.91. The molecule has 1 amide bonds. The van der Waals surface area contributed by atoms with Crippen LogP contribution in [0, 0.1) is 13.8 Å². The van der Waals surface area contributed by atoms with Crippen molar-refractivity contribution in [1.29, 1.82) is 0 Å². The summed E-state index contributed by atoms with van der Waals surface area (Å²) in [6.07, 6.45) is 1.90. The number of aryl methyl sites for hydroxylation is 2. The molecule has 1 N–H and O–H groups in total. The van der Waals surface area contributed by atoms with Gasteiger partial charge in [-0.25, -0.2) is 8.42 Å². The van der Waals surface area contributed by atoms with Gasteiger partial charge in [0.25, 0.3) is 0 Å². The van der Waals surface area contributed by atoms with E-state index in [2.05, 4.69) is 5.32 Å². The highest BCUT2D eigenvalue weighted by molar-refractivity contribution is 7.89. The third-order valence-electron chi connectivity index (χ3n) is 4.87. The molecular formula is C17H25N3O3S. The number of nitrogens with zero attached hydrogens (tertiary/aromatic N) is 2. The fourth-order valence-corrected chi connectivity index (χ4v) is 5.12. The van der Waals surface area contributed by atoms with Gasteiger partial charge in [0, 0.05) is 26.2 Å². The minimum absolute atomic E-state index is 0.0906. The largest absolute Gasteiger partial charge is 0.339 e. The van der Waals surface area contributed by atoms with Crippen LogP contribution in [0.2, 0.25) is 0 Å². The van der Waals surface area contributed by atoms with Gasteiger partial charge in [0.2, 0.25) is 15.9 Å². The van der Waals surface area contributed by atoms with Crippen LogP contribution in [0.5, 0.6) is 0 Å². The van der Waals surface area contributed by atoms with Crippen molar-refractivity contribution in [3.63, 3.8) is 0 Å². The van der Waals surface area contributed by atoms with Gasteiger partial charge in [-0.05, 0) is 50.4 Å². The molecule has 1 atom stereocenters. The Morgan fingerprint density at radius 2 is 1.88 bits per heavy atom. The number of benzene rings is 1. The summed E-state index contributed by atoms with van der Waals surface area (Å²) in [6, 6.07) is 5.39. The number of sulfonamides is 1. The molecule has 2 fully saturated rings. The molecule has 7 heteroatoms. The molecule has 0 bridgehead atoms. The number of amides is 1. The molecule has 0 spiro atoms. The molecule has 132 valence electrons. The molecule has 3 rings (SSSR count). The lowest BCUT2D eigenvalue weighted by Gasteiger charge is -2.35. The van der Waals surface area contributed by atoms with E-state index in [1.807, 2.05) is 26.0 Å². The Morgan fingerprint density at radius 3 is 2.50 bits per heavy atom. The van der Waals surface area contributed by atoms with E-state index in [0.29, 0.717) is 31.1 Å². The van der Waals surface area contributed by atoms with Gasteiger partial charge in [-0.1, -0.05) is 12.1 Å². The maximum Gasteiger partial charge on any atom is 0.243 e. The number of carbonyl (C=O) groups is 1. The Hall–Kier alpha value is -1.44. The van der Waals surface area contributed by atoms with E-state index in [1.54, 1.807) is 11.0 Å². The van der Waals surface area contributed by atoms with Crippen molar-refractivity contribution in [1.82, 2.24) is 14.5 Å². The molecule has 0 radical (unpaired) electrons. The topological polar surface area (TPSA) is 69.7 Å². The van der Waals surface area contributed by atoms with E-state index < -0.39 is 10.0 Å². The second kappa shape index (κ2) is 6.82. The lowest BCUT2D eigenvalue weighted by molar-refractivity contribution is -0.134. The smallest absolute Gasteiger partial charge is 0.243 e. The van der Waals surface area contributed by atoms with E-state index in [-0.39, 0.29) is 11.9 Å². The lowest BCUT2D eigenvalue weighted by Crippen LogP contribution is -2.54. The van der Waals surface area contributed by atoms with Crippen LogP contribution in [0.25, 0.3) is 0 Å². The van der Waals surface area contributed by atoms with Crippen LogP contribution < -0.4 is 5.32 Å². The second-order valence-electron chi connectivity index (χ2n) is 6.65. The van der Waals surface area contributed by atoms with Crippen molar-refractivity contribution in [2.24, 2.45) is 0 Å². The molecule has 0 saturated carbocycles. The summed E-state index contributed by atoms with van der Waals surface area (Å²) in [6.45, 7) is 6.23. The molecule has 0 aromatic heterocycles. The van der Waals surface area contributed by atoms with Gasteiger partial charge in [-0.2, -0.15) is 4.31 Å². The molecule has 24 heavy (non-hydrogen) atoms. The molecule has 1 aromatic carbocycles. The second-order valence-corrected chi connectivity index (χ2v) is 8.55. The molecule has 0 aliphatic carbocycles. The fraction of sp³-hybridized carbons (Fsp3) is 0.588. The summed E-state index contributed by atoms with van der Waals surface area (Å²) in [4.78, 5) is 14.6. The van der Waals surface area contributed by atoms with Crippen LogP contribution in [-0.4, -0.2) is 62.3 Å². The predicted octanol–water partition coefficient (Wildman–Crippen LogP) is 0.888. The summed E-state index contributed by atoms with van der Waals surface area (Å²) in [7, 11) is -3.50. The first-order valence-electron chi connectivity index (χ1n) is 8.49. The Kier molecular flexibility index (Phi) is 4.94. The summed E-state index contributed by atoms with van der Waals surface area (Å²) >= 11 is 0. The molecule has 2 aliphatic rings. The minimum Gasteiger partial charge on any atom is -0.339 e. The normalized spacial score (nSPS) is 22.8. The molecule has 2 aliphatic heterocycles. The Balaban J connectivity index is 1.69. The van der Waals surface area contributed by atoms with E-state index >= 15 is 0 Å². The highest BCUT2D eigenvalue weighted by Crippen LogP contribution is 2.23. The Bertz CT molecular complexity index is 719. The summed E-state index contributed by atoms with van der Waals surface area (Å²) in [5.74, 6) is 0.108. The zero-order chi connectivity index (χ0) is 17.3. The van der Waals surface area contributed by atoms with Crippen molar-refractivity contribution < 1.29 is 13.2 Å². The summed E-state index contributed by atoms with van der Waals surface area (Å²) in [5, 5.41) is 3.21. The number of hydrogen-bond acceptors (Lipinski definition) is 4. The molecule has 1 aromatic rings. The maximum absolute atomic E-state index is 12.9. The van der Waals surface area contributed by atoms with E-state index in [4.69, 9.17) is 0 Å². The van der Waals surface area contributed by atoms with Crippen LogP contribution in [0.4, 0.5) is 0 Å². The third kappa shape index (κ3) is 3.34. The quantitative estimate of drug-likeness (QED) is 0.878. The van der Waals surface area contributed by atoms with Crippen molar-refractivity contribution >= 4 is 15.9 Å². The first-order chi connectivity index (χ1) is 11.4. The van der Waals surface area contributed by atoms with Gasteiger partial charge in [0.15, 0.2) is 0 Å². The van der Waals surface area contributed by atoms with Crippen LogP contribution in [-0.2, 0) is 14.8 Å². The zero-order valence-electron chi connectivity index (χ0n) is 14.3. The van der Waals surface area contributed by atoms with Crippen molar-refractivity contribution in [2.75, 3.05) is 32.7 Å². The molecule has 2 saturated heterocycles. The number of piperazine rings is 1. The van der Waals surface area contributed by atoms with E-state index in [1.165, 1.54) is 4.31 Å². The SMILES string of the molecule is Cc1ccc(C)c(S(=O)(=O)N2CCN(C(=O)C3CCCN3)CC2)c1.